The second-order valence-corrected chi connectivity index (χ2v) is 10.9. The zero-order valence-electron chi connectivity index (χ0n) is 22.8. The number of para-hydroxylation sites is 2. The van der Waals surface area contributed by atoms with Gasteiger partial charge in [0.25, 0.3) is 0 Å². The van der Waals surface area contributed by atoms with Crippen molar-refractivity contribution in [3.8, 4) is 5.75 Å². The first-order valence-electron chi connectivity index (χ1n) is 13.5. The summed E-state index contributed by atoms with van der Waals surface area (Å²) in [5.74, 6) is 0.285. The summed E-state index contributed by atoms with van der Waals surface area (Å²) in [5.41, 5.74) is 1.80. The molecule has 1 aromatic heterocycles. The number of unbranched alkanes of at least 4 members (excludes halogenated alkanes) is 5. The number of benzene rings is 2. The lowest BCUT2D eigenvalue weighted by molar-refractivity contribution is -0.645. The van der Waals surface area contributed by atoms with E-state index in [1.807, 2.05) is 18.2 Å². The van der Waals surface area contributed by atoms with Gasteiger partial charge in [-0.3, -0.25) is 4.90 Å². The summed E-state index contributed by atoms with van der Waals surface area (Å²) in [6.45, 7) is 8.40. The average molecular weight is 523 g/mol. The Labute approximate surface area is 223 Å². The molecule has 3 aromatic rings. The minimum atomic E-state index is -0.879. The molecule has 0 N–H and O–H groups in total. The van der Waals surface area contributed by atoms with Crippen LogP contribution < -0.4 is 9.58 Å². The van der Waals surface area contributed by atoms with Crippen LogP contribution in [0.2, 0.25) is 0 Å². The number of aromatic nitrogens is 3. The van der Waals surface area contributed by atoms with E-state index in [-0.39, 0.29) is 18.5 Å². The Hall–Kier alpha value is -3.62. The fourth-order valence-corrected chi connectivity index (χ4v) is 4.74. The average Bonchev–Trinajstić information content (AvgIpc) is 3.22. The number of carbonyl (C=O) groups is 2. The first kappa shape index (κ1) is 27.4. The molecule has 9 heteroatoms. The highest BCUT2D eigenvalue weighted by atomic mass is 16.6. The van der Waals surface area contributed by atoms with E-state index in [2.05, 4.69) is 12.1 Å². The highest BCUT2D eigenvalue weighted by Gasteiger charge is 2.41. The smallest absolute Gasteiger partial charge is 0.411 e. The van der Waals surface area contributed by atoms with Crippen molar-refractivity contribution < 1.29 is 23.9 Å². The molecule has 4 rings (SSSR count). The molecule has 1 aliphatic rings. The summed E-state index contributed by atoms with van der Waals surface area (Å²) >= 11 is 0. The van der Waals surface area contributed by atoms with Crippen LogP contribution in [0, 0.1) is 5.21 Å². The third-order valence-corrected chi connectivity index (χ3v) is 6.68. The second kappa shape index (κ2) is 11.8. The minimum absolute atomic E-state index is 0.186. The van der Waals surface area contributed by atoms with E-state index < -0.39 is 23.6 Å². The molecular weight excluding hydrogens is 484 g/mol. The number of carbonyl (C=O) groups excluding carboxylic acids is 2. The van der Waals surface area contributed by atoms with Gasteiger partial charge in [-0.05, 0) is 62.6 Å². The monoisotopic (exact) mass is 522 g/mol. The molecule has 0 saturated carbocycles. The van der Waals surface area contributed by atoms with Crippen molar-refractivity contribution in [2.45, 2.75) is 90.8 Å². The summed E-state index contributed by atoms with van der Waals surface area (Å²) in [5, 5.41) is 16.2. The van der Waals surface area contributed by atoms with Crippen molar-refractivity contribution in [2.75, 3.05) is 6.61 Å². The van der Waals surface area contributed by atoms with Crippen LogP contribution in [0.25, 0.3) is 11.0 Å². The topological polar surface area (TPSA) is 101 Å². The first-order chi connectivity index (χ1) is 18.2. The van der Waals surface area contributed by atoms with E-state index in [1.54, 1.807) is 45.0 Å². The summed E-state index contributed by atoms with van der Waals surface area (Å²) in [7, 11) is 0. The van der Waals surface area contributed by atoms with Gasteiger partial charge in [-0.15, -0.1) is 4.85 Å². The fraction of sp³-hybridized carbons (Fsp3) is 0.517. The molecule has 1 aliphatic heterocycles. The molecular formula is C29H38N4O5. The largest absolute Gasteiger partial charge is 0.691 e. The van der Waals surface area contributed by atoms with Crippen LogP contribution in [0.15, 0.2) is 42.5 Å². The van der Waals surface area contributed by atoms with Gasteiger partial charge in [0.1, 0.15) is 22.6 Å². The lowest BCUT2D eigenvalue weighted by atomic mass is 9.93. The molecule has 204 valence electrons. The lowest BCUT2D eigenvalue weighted by Gasteiger charge is -2.35. The van der Waals surface area contributed by atoms with E-state index in [9.17, 15) is 14.8 Å². The number of amides is 1. The van der Waals surface area contributed by atoms with Gasteiger partial charge in [-0.2, -0.15) is 0 Å². The number of rotatable bonds is 9. The summed E-state index contributed by atoms with van der Waals surface area (Å²) in [4.78, 5) is 28.8. The highest BCUT2D eigenvalue weighted by molar-refractivity contribution is 5.93. The van der Waals surface area contributed by atoms with E-state index >= 15 is 0 Å². The zero-order valence-corrected chi connectivity index (χ0v) is 22.8. The van der Waals surface area contributed by atoms with Gasteiger partial charge >= 0.3 is 12.0 Å². The van der Waals surface area contributed by atoms with Crippen LogP contribution in [0.1, 0.15) is 82.1 Å². The van der Waals surface area contributed by atoms with Crippen molar-refractivity contribution in [2.24, 2.45) is 0 Å². The van der Waals surface area contributed by atoms with Crippen molar-refractivity contribution in [1.29, 1.82) is 0 Å². The van der Waals surface area contributed by atoms with Crippen LogP contribution in [-0.4, -0.2) is 45.0 Å². The minimum Gasteiger partial charge on any atom is -0.691 e. The van der Waals surface area contributed by atoms with Crippen LogP contribution in [0.3, 0.4) is 0 Å². The Kier molecular flexibility index (Phi) is 8.54. The highest BCUT2D eigenvalue weighted by Crippen LogP contribution is 2.30. The Balaban J connectivity index is 1.54. The van der Waals surface area contributed by atoms with E-state index in [0.717, 1.165) is 34.4 Å². The van der Waals surface area contributed by atoms with E-state index in [4.69, 9.17) is 9.47 Å². The third-order valence-electron chi connectivity index (χ3n) is 6.68. The molecule has 0 radical (unpaired) electrons. The predicted molar refractivity (Wildman–Crippen MR) is 144 cm³/mol. The van der Waals surface area contributed by atoms with Gasteiger partial charge in [0.15, 0.2) is 0 Å². The molecule has 0 unspecified atom stereocenters. The fourth-order valence-electron chi connectivity index (χ4n) is 4.74. The summed E-state index contributed by atoms with van der Waals surface area (Å²) < 4.78 is 12.7. The van der Waals surface area contributed by atoms with Crippen molar-refractivity contribution in [3.63, 3.8) is 0 Å². The Morgan fingerprint density at radius 2 is 1.79 bits per heavy atom. The zero-order chi connectivity index (χ0) is 27.3. The maximum absolute atomic E-state index is 13.7. The second-order valence-electron chi connectivity index (χ2n) is 10.9. The number of fused-ring (bicyclic) bond motifs is 2. The number of nitrogens with zero attached hydrogens (tertiary/aromatic N) is 4. The summed E-state index contributed by atoms with van der Waals surface area (Å²) in [6.07, 6.45) is 6.82. The molecule has 9 nitrogen and oxygen atoms in total. The van der Waals surface area contributed by atoms with Gasteiger partial charge < -0.3 is 14.7 Å². The molecule has 2 aromatic carbocycles. The van der Waals surface area contributed by atoms with Gasteiger partial charge in [0.05, 0.1) is 13.2 Å². The molecule has 38 heavy (non-hydrogen) atoms. The number of ether oxygens (including phenoxy) is 2. The SMILES string of the molecule is CCCCCCCCOc1ccc2c(c1)CN(C(=O)OC(C)(C)C)[C@H](C(=O)n1n[n+]([O-])c3ccccc31)C2. The summed E-state index contributed by atoms with van der Waals surface area (Å²) in [6, 6.07) is 11.6. The predicted octanol–water partition coefficient (Wildman–Crippen LogP) is 5.41. The van der Waals surface area contributed by atoms with Crippen molar-refractivity contribution in [1.82, 2.24) is 14.8 Å². The third kappa shape index (κ3) is 6.44. The van der Waals surface area contributed by atoms with Crippen LogP contribution in [0.5, 0.6) is 5.75 Å². The Morgan fingerprint density at radius 3 is 2.55 bits per heavy atom. The Bertz CT molecular complexity index is 1280. The standard InChI is InChI=1S/C29H38N4O5/c1-5-6-7-8-9-12-17-37-23-16-15-21-19-26(31(20-22(21)18-23)28(35)38-29(2,3)4)27(34)32-24-13-10-11-14-25(24)33(36)30-32/h10-11,13-16,18,26H,5-9,12,17,19-20H2,1-4H3/t26-/m0/s1. The van der Waals surface area contributed by atoms with Crippen LogP contribution >= 0.6 is 0 Å². The molecule has 0 saturated heterocycles. The van der Waals surface area contributed by atoms with Gasteiger partial charge in [-0.25, -0.2) is 9.59 Å². The molecule has 0 spiro atoms. The van der Waals surface area contributed by atoms with Crippen LogP contribution in [-0.2, 0) is 17.7 Å². The molecule has 2 heterocycles. The van der Waals surface area contributed by atoms with E-state index in [1.165, 1.54) is 30.6 Å². The first-order valence-corrected chi connectivity index (χ1v) is 13.5. The number of hydrogen-bond donors (Lipinski definition) is 0. The lowest BCUT2D eigenvalue weighted by Crippen LogP contribution is -2.52. The van der Waals surface area contributed by atoms with Gasteiger partial charge in [0, 0.05) is 6.42 Å². The normalized spacial score (nSPS) is 15.4. The molecule has 0 fully saturated rings. The molecule has 1 amide bonds. The van der Waals surface area contributed by atoms with Gasteiger partial charge in [0.2, 0.25) is 11.0 Å². The number of hydrogen-bond acceptors (Lipinski definition) is 6. The molecule has 0 bridgehead atoms. The molecule has 0 aliphatic carbocycles. The van der Waals surface area contributed by atoms with Crippen molar-refractivity contribution >= 4 is 23.0 Å². The van der Waals surface area contributed by atoms with E-state index in [0.29, 0.717) is 17.0 Å². The Morgan fingerprint density at radius 1 is 1.05 bits per heavy atom. The van der Waals surface area contributed by atoms with Crippen LogP contribution in [0.4, 0.5) is 4.79 Å². The quantitative estimate of drug-likeness (QED) is 0.212. The maximum atomic E-state index is 13.7. The van der Waals surface area contributed by atoms with Crippen molar-refractivity contribution in [3.05, 3.63) is 58.8 Å². The maximum Gasteiger partial charge on any atom is 0.411 e. The molecule has 1 atom stereocenters. The van der Waals surface area contributed by atoms with Gasteiger partial charge in [-0.1, -0.05) is 61.9 Å².